The molecule has 0 saturated heterocycles. The zero-order valence-electron chi connectivity index (χ0n) is 14.1. The third kappa shape index (κ3) is 5.35. The van der Waals surface area contributed by atoms with Crippen molar-refractivity contribution < 1.29 is 4.74 Å². The minimum absolute atomic E-state index is 0. The average molecular weight is 447 g/mol. The molecule has 0 aliphatic rings. The molecule has 0 spiro atoms. The molecule has 0 aliphatic carbocycles. The van der Waals surface area contributed by atoms with Crippen LogP contribution >= 0.6 is 24.0 Å². The molecule has 4 nitrogen and oxygen atoms in total. The molecule has 5 heteroatoms. The molecule has 0 radical (unpaired) electrons. The highest BCUT2D eigenvalue weighted by Gasteiger charge is 1.99. The summed E-state index contributed by atoms with van der Waals surface area (Å²) < 4.78 is 5.19. The van der Waals surface area contributed by atoms with Crippen molar-refractivity contribution in [2.45, 2.75) is 6.42 Å². The Labute approximate surface area is 165 Å². The number of guanidine groups is 1. The quantitative estimate of drug-likeness (QED) is 0.346. The predicted octanol–water partition coefficient (Wildman–Crippen LogP) is 4.44. The molecule has 0 atom stereocenters. The van der Waals surface area contributed by atoms with Crippen molar-refractivity contribution in [1.82, 2.24) is 0 Å². The number of nitrogens with zero attached hydrogens (tertiary/aromatic N) is 1. The topological polar surface area (TPSA) is 59.6 Å². The van der Waals surface area contributed by atoms with E-state index in [9.17, 15) is 0 Å². The maximum absolute atomic E-state index is 5.95. The Morgan fingerprint density at radius 3 is 2.60 bits per heavy atom. The largest absolute Gasteiger partial charge is 0.497 e. The summed E-state index contributed by atoms with van der Waals surface area (Å²) in [5.74, 6) is 1.19. The van der Waals surface area contributed by atoms with Crippen molar-refractivity contribution in [3.05, 3.63) is 72.3 Å². The van der Waals surface area contributed by atoms with Gasteiger partial charge in [-0.3, -0.25) is 4.99 Å². The second kappa shape index (κ2) is 9.27. The van der Waals surface area contributed by atoms with Crippen LogP contribution in [0, 0.1) is 0 Å². The summed E-state index contributed by atoms with van der Waals surface area (Å²) in [7, 11) is 1.64. The van der Waals surface area contributed by atoms with Gasteiger partial charge in [-0.25, -0.2) is 0 Å². The standard InChI is InChI=1S/C20H21N3O.HI/c1-24-19-8-4-7-18(14-19)23-20(21)22-12-11-15-9-10-16-5-2-3-6-17(16)13-15;/h2-10,13-14H,11-12H2,1H3,(H3,21,22,23);1H. The van der Waals surface area contributed by atoms with Gasteiger partial charge >= 0.3 is 0 Å². The van der Waals surface area contributed by atoms with Crippen LogP contribution in [0.4, 0.5) is 5.69 Å². The number of nitrogens with one attached hydrogen (secondary N) is 1. The Balaban J connectivity index is 0.00000225. The van der Waals surface area contributed by atoms with Crippen LogP contribution < -0.4 is 15.8 Å². The number of aliphatic imine (C=N–C) groups is 1. The Morgan fingerprint density at radius 1 is 1.00 bits per heavy atom. The SMILES string of the molecule is COc1cccc(NC(N)=NCCc2ccc3ccccc3c2)c1.I. The van der Waals surface area contributed by atoms with E-state index < -0.39 is 0 Å². The second-order valence-electron chi connectivity index (χ2n) is 5.56. The number of fused-ring (bicyclic) bond motifs is 1. The zero-order valence-corrected chi connectivity index (χ0v) is 16.4. The first-order chi connectivity index (χ1) is 11.7. The molecule has 0 bridgehead atoms. The first-order valence-electron chi connectivity index (χ1n) is 7.93. The molecule has 0 saturated carbocycles. The maximum Gasteiger partial charge on any atom is 0.193 e. The van der Waals surface area contributed by atoms with E-state index in [2.05, 4.69) is 52.8 Å². The van der Waals surface area contributed by atoms with Crippen molar-refractivity contribution in [3.63, 3.8) is 0 Å². The fraction of sp³-hybridized carbons (Fsp3) is 0.150. The lowest BCUT2D eigenvalue weighted by atomic mass is 10.1. The molecule has 0 fully saturated rings. The van der Waals surface area contributed by atoms with E-state index >= 15 is 0 Å². The third-order valence-electron chi connectivity index (χ3n) is 3.84. The van der Waals surface area contributed by atoms with Gasteiger partial charge in [0.2, 0.25) is 0 Å². The van der Waals surface area contributed by atoms with Gasteiger partial charge in [0, 0.05) is 18.3 Å². The van der Waals surface area contributed by atoms with E-state index in [1.54, 1.807) is 7.11 Å². The van der Waals surface area contributed by atoms with E-state index in [-0.39, 0.29) is 24.0 Å². The Hall–Kier alpha value is -2.28. The molecular formula is C20H22IN3O. The van der Waals surface area contributed by atoms with Crippen LogP contribution in [0.1, 0.15) is 5.56 Å². The number of halogens is 1. The highest BCUT2D eigenvalue weighted by molar-refractivity contribution is 14.0. The van der Waals surface area contributed by atoms with Crippen LogP contribution in [0.2, 0.25) is 0 Å². The normalized spacial score (nSPS) is 11.0. The number of hydrogen-bond acceptors (Lipinski definition) is 2. The van der Waals surface area contributed by atoms with Crippen LogP contribution in [-0.4, -0.2) is 19.6 Å². The molecule has 130 valence electrons. The Kier molecular flexibility index (Phi) is 7.06. The summed E-state index contributed by atoms with van der Waals surface area (Å²) in [5, 5.41) is 5.59. The molecule has 25 heavy (non-hydrogen) atoms. The second-order valence-corrected chi connectivity index (χ2v) is 5.56. The van der Waals surface area contributed by atoms with Gasteiger partial charge in [0.15, 0.2) is 5.96 Å². The van der Waals surface area contributed by atoms with Gasteiger partial charge in [-0.1, -0.05) is 48.5 Å². The lowest BCUT2D eigenvalue weighted by Gasteiger charge is -2.07. The summed E-state index contributed by atoms with van der Waals surface area (Å²) >= 11 is 0. The smallest absolute Gasteiger partial charge is 0.193 e. The predicted molar refractivity (Wildman–Crippen MR) is 116 cm³/mol. The van der Waals surface area contributed by atoms with Crippen molar-refractivity contribution in [1.29, 1.82) is 0 Å². The summed E-state index contributed by atoms with van der Waals surface area (Å²) in [5.41, 5.74) is 8.07. The van der Waals surface area contributed by atoms with Gasteiger partial charge in [0.05, 0.1) is 7.11 Å². The molecule has 0 aromatic heterocycles. The molecule has 0 unspecified atom stereocenters. The molecular weight excluding hydrogens is 425 g/mol. The van der Waals surface area contributed by atoms with Crippen LogP contribution in [0.15, 0.2) is 71.7 Å². The van der Waals surface area contributed by atoms with E-state index in [1.165, 1.54) is 16.3 Å². The van der Waals surface area contributed by atoms with Gasteiger partial charge in [-0.2, -0.15) is 0 Å². The van der Waals surface area contributed by atoms with Crippen LogP contribution in [-0.2, 0) is 6.42 Å². The van der Waals surface area contributed by atoms with E-state index in [0.29, 0.717) is 12.5 Å². The Bertz CT molecular complexity index is 864. The molecule has 3 N–H and O–H groups in total. The van der Waals surface area contributed by atoms with Crippen LogP contribution in [0.5, 0.6) is 5.75 Å². The van der Waals surface area contributed by atoms with Crippen molar-refractivity contribution in [2.24, 2.45) is 10.7 Å². The fourth-order valence-electron chi connectivity index (χ4n) is 2.59. The molecule has 3 aromatic carbocycles. The lowest BCUT2D eigenvalue weighted by molar-refractivity contribution is 0.415. The minimum Gasteiger partial charge on any atom is -0.497 e. The van der Waals surface area contributed by atoms with Gasteiger partial charge < -0.3 is 15.8 Å². The molecule has 0 amide bonds. The minimum atomic E-state index is 0. The number of hydrogen-bond donors (Lipinski definition) is 2. The molecule has 0 heterocycles. The van der Waals surface area contributed by atoms with Gasteiger partial charge in [0.1, 0.15) is 5.75 Å². The summed E-state index contributed by atoms with van der Waals surface area (Å²) in [6, 6.07) is 22.4. The summed E-state index contributed by atoms with van der Waals surface area (Å²) in [4.78, 5) is 4.39. The summed E-state index contributed by atoms with van der Waals surface area (Å²) in [6.07, 6.45) is 0.853. The van der Waals surface area contributed by atoms with Crippen molar-refractivity contribution in [3.8, 4) is 5.75 Å². The van der Waals surface area contributed by atoms with Crippen LogP contribution in [0.3, 0.4) is 0 Å². The van der Waals surface area contributed by atoms with Gasteiger partial charge in [-0.15, -0.1) is 24.0 Å². The molecule has 3 rings (SSSR count). The van der Waals surface area contributed by atoms with Gasteiger partial charge in [0.25, 0.3) is 0 Å². The van der Waals surface area contributed by atoms with Crippen LogP contribution in [0.25, 0.3) is 10.8 Å². The number of methoxy groups -OCH3 is 1. The monoisotopic (exact) mass is 447 g/mol. The fourth-order valence-corrected chi connectivity index (χ4v) is 2.59. The summed E-state index contributed by atoms with van der Waals surface area (Å²) in [6.45, 7) is 0.640. The first-order valence-corrected chi connectivity index (χ1v) is 7.93. The first kappa shape index (κ1) is 19.1. The van der Waals surface area contributed by atoms with Crippen molar-refractivity contribution >= 4 is 46.4 Å². The highest BCUT2D eigenvalue weighted by atomic mass is 127. The Morgan fingerprint density at radius 2 is 1.80 bits per heavy atom. The lowest BCUT2D eigenvalue weighted by Crippen LogP contribution is -2.23. The third-order valence-corrected chi connectivity index (χ3v) is 3.84. The molecule has 3 aromatic rings. The number of anilines is 1. The average Bonchev–Trinajstić information content (AvgIpc) is 2.62. The van der Waals surface area contributed by atoms with E-state index in [4.69, 9.17) is 10.5 Å². The highest BCUT2D eigenvalue weighted by Crippen LogP contribution is 2.17. The van der Waals surface area contributed by atoms with E-state index in [0.717, 1.165) is 17.9 Å². The zero-order chi connectivity index (χ0) is 16.8. The number of ether oxygens (including phenoxy) is 1. The molecule has 0 aliphatic heterocycles. The van der Waals surface area contributed by atoms with Gasteiger partial charge in [-0.05, 0) is 34.9 Å². The number of rotatable bonds is 5. The van der Waals surface area contributed by atoms with E-state index in [1.807, 2.05) is 24.3 Å². The maximum atomic E-state index is 5.95. The number of nitrogens with two attached hydrogens (primary N) is 1. The number of benzene rings is 3. The van der Waals surface area contributed by atoms with Crippen molar-refractivity contribution in [2.75, 3.05) is 19.0 Å².